The number of nitrogens with one attached hydrogen (secondary N) is 1. The van der Waals surface area contributed by atoms with Crippen molar-refractivity contribution in [3.63, 3.8) is 0 Å². The van der Waals surface area contributed by atoms with Gasteiger partial charge in [-0.3, -0.25) is 4.57 Å². The van der Waals surface area contributed by atoms with Gasteiger partial charge in [0.1, 0.15) is 0 Å². The van der Waals surface area contributed by atoms with Gasteiger partial charge in [0.05, 0.1) is 0 Å². The van der Waals surface area contributed by atoms with Crippen LogP contribution in [0.15, 0.2) is 0 Å². The third-order valence-corrected chi connectivity index (χ3v) is 5.91. The molecule has 0 atom stereocenters. The second-order valence-corrected chi connectivity index (χ2v) is 7.36. The first kappa shape index (κ1) is 12.9. The molecule has 0 unspecified atom stereocenters. The molecule has 1 saturated heterocycles. The Labute approximate surface area is 125 Å². The molecule has 4 nitrogen and oxygen atoms in total. The molecule has 20 heavy (non-hydrogen) atoms. The van der Waals surface area contributed by atoms with E-state index in [1.54, 1.807) is 0 Å². The van der Waals surface area contributed by atoms with Gasteiger partial charge in [-0.25, -0.2) is 5.10 Å². The molecule has 0 bridgehead atoms. The molecule has 2 aliphatic carbocycles. The van der Waals surface area contributed by atoms with E-state index in [-0.39, 0.29) is 0 Å². The van der Waals surface area contributed by atoms with Gasteiger partial charge < -0.3 is 4.90 Å². The first-order valence-electron chi connectivity index (χ1n) is 8.19. The molecule has 3 fully saturated rings. The number of hydrogen-bond acceptors (Lipinski definition) is 3. The fourth-order valence-electron chi connectivity index (χ4n) is 4.16. The van der Waals surface area contributed by atoms with E-state index in [4.69, 9.17) is 12.2 Å². The molecule has 4 rings (SSSR count). The van der Waals surface area contributed by atoms with Crippen LogP contribution in [-0.4, -0.2) is 27.9 Å². The molecular formula is C15H24N4S. The first-order chi connectivity index (χ1) is 9.77. The summed E-state index contributed by atoms with van der Waals surface area (Å²) >= 11 is 5.40. The summed E-state index contributed by atoms with van der Waals surface area (Å²) in [6.45, 7) is 2.32. The average Bonchev–Trinajstić information content (AvgIpc) is 3.24. The van der Waals surface area contributed by atoms with Crippen LogP contribution >= 0.6 is 12.2 Å². The van der Waals surface area contributed by atoms with Crippen molar-refractivity contribution in [2.24, 2.45) is 5.41 Å². The molecule has 0 amide bonds. The zero-order valence-electron chi connectivity index (χ0n) is 12.1. The Balaban J connectivity index is 1.50. The minimum Gasteiger partial charge on any atom is -0.341 e. The van der Waals surface area contributed by atoms with Crippen LogP contribution < -0.4 is 4.90 Å². The Kier molecular flexibility index (Phi) is 3.13. The topological polar surface area (TPSA) is 36.9 Å². The van der Waals surface area contributed by atoms with Crippen molar-refractivity contribution in [3.8, 4) is 0 Å². The van der Waals surface area contributed by atoms with Crippen LogP contribution in [0, 0.1) is 10.2 Å². The molecule has 1 aromatic rings. The molecule has 1 aliphatic heterocycles. The summed E-state index contributed by atoms with van der Waals surface area (Å²) in [4.78, 5) is 2.46. The summed E-state index contributed by atoms with van der Waals surface area (Å²) in [7, 11) is 0. The number of nitrogens with zero attached hydrogens (tertiary/aromatic N) is 3. The maximum Gasteiger partial charge on any atom is 0.225 e. The maximum absolute atomic E-state index is 5.40. The zero-order chi connectivity index (χ0) is 13.6. The molecular weight excluding hydrogens is 268 g/mol. The Morgan fingerprint density at radius 1 is 1.05 bits per heavy atom. The Hall–Kier alpha value is -0.840. The van der Waals surface area contributed by atoms with E-state index in [9.17, 15) is 0 Å². The normalized spacial score (nSPS) is 26.1. The quantitative estimate of drug-likeness (QED) is 0.842. The van der Waals surface area contributed by atoms with E-state index in [0.29, 0.717) is 11.5 Å². The van der Waals surface area contributed by atoms with Crippen molar-refractivity contribution in [2.75, 3.05) is 18.0 Å². The molecule has 3 aliphatic rings. The maximum atomic E-state index is 5.40. The fourth-order valence-corrected chi connectivity index (χ4v) is 4.44. The summed E-state index contributed by atoms with van der Waals surface area (Å²) in [5.74, 6) is 1.10. The van der Waals surface area contributed by atoms with Crippen LogP contribution in [0.3, 0.4) is 0 Å². The summed E-state index contributed by atoms with van der Waals surface area (Å²) in [6.07, 6.45) is 12.5. The second kappa shape index (κ2) is 4.86. The molecule has 0 aromatic carbocycles. The third kappa shape index (κ3) is 2.20. The lowest BCUT2D eigenvalue weighted by Gasteiger charge is -2.44. The van der Waals surface area contributed by atoms with E-state index in [0.717, 1.165) is 23.8 Å². The molecule has 5 heteroatoms. The lowest BCUT2D eigenvalue weighted by molar-refractivity contribution is 0.143. The van der Waals surface area contributed by atoms with Crippen molar-refractivity contribution >= 4 is 18.2 Å². The zero-order valence-corrected chi connectivity index (χ0v) is 12.9. The smallest absolute Gasteiger partial charge is 0.225 e. The molecule has 2 heterocycles. The lowest BCUT2D eigenvalue weighted by atomic mass is 9.68. The summed E-state index contributed by atoms with van der Waals surface area (Å²) < 4.78 is 3.06. The molecule has 2 saturated carbocycles. The van der Waals surface area contributed by atoms with Gasteiger partial charge in [-0.2, -0.15) is 0 Å². The summed E-state index contributed by atoms with van der Waals surface area (Å²) in [5.41, 5.74) is 0.659. The lowest BCUT2D eigenvalue weighted by Crippen LogP contribution is -2.42. The van der Waals surface area contributed by atoms with Crippen molar-refractivity contribution in [1.82, 2.24) is 14.8 Å². The van der Waals surface area contributed by atoms with Crippen molar-refractivity contribution in [3.05, 3.63) is 4.77 Å². The van der Waals surface area contributed by atoms with E-state index < -0.39 is 0 Å². The number of rotatable bonds is 2. The van der Waals surface area contributed by atoms with Crippen LogP contribution in [0.4, 0.5) is 5.95 Å². The standard InChI is InChI=1S/C15H24N4S/c20-14-17-16-13(19(14)12-4-5-12)18-10-8-15(9-11-18)6-2-1-3-7-15/h12H,1-11H2,(H,17,20). The second-order valence-electron chi connectivity index (χ2n) is 6.98. The third-order valence-electron chi connectivity index (χ3n) is 5.62. The van der Waals surface area contributed by atoms with Gasteiger partial charge in [-0.1, -0.05) is 19.3 Å². The highest BCUT2D eigenvalue weighted by Gasteiger charge is 2.37. The van der Waals surface area contributed by atoms with Crippen LogP contribution in [0.25, 0.3) is 0 Å². The van der Waals surface area contributed by atoms with Crippen LogP contribution in [-0.2, 0) is 0 Å². The minimum absolute atomic E-state index is 0.613. The predicted octanol–water partition coefficient (Wildman–Crippen LogP) is 3.83. The van der Waals surface area contributed by atoms with Gasteiger partial charge in [-0.05, 0) is 56.2 Å². The Morgan fingerprint density at radius 3 is 2.40 bits per heavy atom. The minimum atomic E-state index is 0.613. The first-order valence-corrected chi connectivity index (χ1v) is 8.60. The number of piperidine rings is 1. The predicted molar refractivity (Wildman–Crippen MR) is 82.6 cm³/mol. The summed E-state index contributed by atoms with van der Waals surface area (Å²) in [6, 6.07) is 0.613. The number of anilines is 1. The number of H-pyrrole nitrogens is 1. The average molecular weight is 292 g/mol. The number of aromatic nitrogens is 3. The van der Waals surface area contributed by atoms with Crippen LogP contribution in [0.5, 0.6) is 0 Å². The van der Waals surface area contributed by atoms with E-state index >= 15 is 0 Å². The SMILES string of the molecule is S=c1[nH]nc(N2CCC3(CCCCC3)CC2)n1C1CC1. The van der Waals surface area contributed by atoms with E-state index in [2.05, 4.69) is 19.7 Å². The van der Waals surface area contributed by atoms with E-state index in [1.807, 2.05) is 0 Å². The largest absolute Gasteiger partial charge is 0.341 e. The highest BCUT2D eigenvalue weighted by Crippen LogP contribution is 2.45. The molecule has 110 valence electrons. The summed E-state index contributed by atoms with van der Waals surface area (Å²) in [5, 5.41) is 7.51. The molecule has 1 aromatic heterocycles. The van der Waals surface area contributed by atoms with Crippen molar-refractivity contribution in [1.29, 1.82) is 0 Å². The Morgan fingerprint density at radius 2 is 1.75 bits per heavy atom. The van der Waals surface area contributed by atoms with Gasteiger partial charge in [-0.15, -0.1) is 5.10 Å². The van der Waals surface area contributed by atoms with Gasteiger partial charge in [0.25, 0.3) is 0 Å². The van der Waals surface area contributed by atoms with Crippen molar-refractivity contribution < 1.29 is 0 Å². The highest BCUT2D eigenvalue weighted by molar-refractivity contribution is 7.71. The van der Waals surface area contributed by atoms with Crippen LogP contribution in [0.2, 0.25) is 0 Å². The van der Waals surface area contributed by atoms with E-state index in [1.165, 1.54) is 57.8 Å². The Bertz CT molecular complexity index is 526. The number of hydrogen-bond donors (Lipinski definition) is 1. The van der Waals surface area contributed by atoms with Gasteiger partial charge in [0.15, 0.2) is 4.77 Å². The van der Waals surface area contributed by atoms with Crippen molar-refractivity contribution in [2.45, 2.75) is 63.8 Å². The monoisotopic (exact) mass is 292 g/mol. The molecule has 0 radical (unpaired) electrons. The highest BCUT2D eigenvalue weighted by atomic mass is 32.1. The number of aromatic amines is 1. The van der Waals surface area contributed by atoms with Crippen LogP contribution in [0.1, 0.15) is 63.8 Å². The van der Waals surface area contributed by atoms with Gasteiger partial charge >= 0.3 is 0 Å². The van der Waals surface area contributed by atoms with Gasteiger partial charge in [0, 0.05) is 19.1 Å². The molecule has 1 spiro atoms. The fraction of sp³-hybridized carbons (Fsp3) is 0.867. The molecule has 1 N–H and O–H groups in total. The van der Waals surface area contributed by atoms with Gasteiger partial charge in [0.2, 0.25) is 5.95 Å².